The van der Waals surface area contributed by atoms with E-state index in [4.69, 9.17) is 0 Å². The molecule has 1 aromatic carbocycles. The van der Waals surface area contributed by atoms with Gasteiger partial charge in [-0.25, -0.2) is 4.98 Å². The van der Waals surface area contributed by atoms with E-state index < -0.39 is 6.10 Å². The maximum absolute atomic E-state index is 10.3. The van der Waals surface area contributed by atoms with Gasteiger partial charge in [-0.1, -0.05) is 24.3 Å². The Hall–Kier alpha value is -1.78. The highest BCUT2D eigenvalue weighted by Crippen LogP contribution is 2.25. The van der Waals surface area contributed by atoms with Crippen LogP contribution in [0, 0.1) is 0 Å². The van der Waals surface area contributed by atoms with E-state index in [1.807, 2.05) is 35.7 Å². The first-order valence-corrected chi connectivity index (χ1v) is 6.62. The van der Waals surface area contributed by atoms with Crippen molar-refractivity contribution in [3.8, 4) is 0 Å². The Kier molecular flexibility index (Phi) is 3.04. The van der Waals surface area contributed by atoms with E-state index in [9.17, 15) is 5.11 Å². The summed E-state index contributed by atoms with van der Waals surface area (Å²) in [6.07, 6.45) is 3.48. The lowest BCUT2D eigenvalue weighted by Gasteiger charge is -2.11. The molecule has 0 aliphatic heterocycles. The first-order chi connectivity index (χ1) is 8.84. The summed E-state index contributed by atoms with van der Waals surface area (Å²) in [7, 11) is 0. The average molecular weight is 256 g/mol. The monoisotopic (exact) mass is 256 g/mol. The molecule has 0 radical (unpaired) electrons. The Morgan fingerprint density at radius 3 is 2.83 bits per heavy atom. The fourth-order valence-electron chi connectivity index (χ4n) is 2.03. The van der Waals surface area contributed by atoms with Gasteiger partial charge in [-0.15, -0.1) is 11.3 Å². The standard InChI is InChI=1S/C14H12N2OS/c17-12(9-13-15-7-8-18-13)11-5-1-3-10-4-2-6-16-14(10)11/h1-8,12,17H,9H2. The smallest absolute Gasteiger partial charge is 0.0954 e. The van der Waals surface area contributed by atoms with Crippen molar-refractivity contribution in [1.82, 2.24) is 9.97 Å². The summed E-state index contributed by atoms with van der Waals surface area (Å²) in [5, 5.41) is 14.2. The lowest BCUT2D eigenvalue weighted by molar-refractivity contribution is 0.179. The van der Waals surface area contributed by atoms with Crippen molar-refractivity contribution in [2.45, 2.75) is 12.5 Å². The molecule has 0 saturated carbocycles. The topological polar surface area (TPSA) is 46.0 Å². The van der Waals surface area contributed by atoms with E-state index in [2.05, 4.69) is 9.97 Å². The van der Waals surface area contributed by atoms with E-state index in [0.29, 0.717) is 6.42 Å². The predicted molar refractivity (Wildman–Crippen MR) is 72.5 cm³/mol. The highest BCUT2D eigenvalue weighted by Gasteiger charge is 2.13. The van der Waals surface area contributed by atoms with Gasteiger partial charge in [-0.2, -0.15) is 0 Å². The van der Waals surface area contributed by atoms with Gasteiger partial charge in [0.25, 0.3) is 0 Å². The molecule has 0 fully saturated rings. The van der Waals surface area contributed by atoms with Gasteiger partial charge in [0.2, 0.25) is 0 Å². The summed E-state index contributed by atoms with van der Waals surface area (Å²) < 4.78 is 0. The summed E-state index contributed by atoms with van der Waals surface area (Å²) >= 11 is 1.56. The average Bonchev–Trinajstić information content (AvgIpc) is 2.91. The molecule has 2 heterocycles. The number of aromatic nitrogens is 2. The fourth-order valence-corrected chi connectivity index (χ4v) is 2.68. The molecular formula is C14H12N2OS. The highest BCUT2D eigenvalue weighted by atomic mass is 32.1. The van der Waals surface area contributed by atoms with Gasteiger partial charge in [0.15, 0.2) is 0 Å². The minimum atomic E-state index is -0.560. The van der Waals surface area contributed by atoms with Crippen molar-refractivity contribution in [2.75, 3.05) is 0 Å². The van der Waals surface area contributed by atoms with Crippen LogP contribution < -0.4 is 0 Å². The molecule has 1 unspecified atom stereocenters. The van der Waals surface area contributed by atoms with Gasteiger partial charge in [-0.3, -0.25) is 4.98 Å². The minimum Gasteiger partial charge on any atom is -0.388 e. The quantitative estimate of drug-likeness (QED) is 0.783. The van der Waals surface area contributed by atoms with E-state index in [1.54, 1.807) is 23.7 Å². The van der Waals surface area contributed by atoms with Crippen LogP contribution in [0.3, 0.4) is 0 Å². The maximum Gasteiger partial charge on any atom is 0.0954 e. The Balaban J connectivity index is 1.98. The van der Waals surface area contributed by atoms with Gasteiger partial charge < -0.3 is 5.11 Å². The third kappa shape index (κ3) is 2.12. The molecule has 0 aliphatic rings. The Morgan fingerprint density at radius 1 is 1.11 bits per heavy atom. The van der Waals surface area contributed by atoms with Crippen LogP contribution >= 0.6 is 11.3 Å². The van der Waals surface area contributed by atoms with Crippen molar-refractivity contribution >= 4 is 22.2 Å². The van der Waals surface area contributed by atoms with Crippen LogP contribution in [-0.2, 0) is 6.42 Å². The second-order valence-electron chi connectivity index (χ2n) is 4.07. The van der Waals surface area contributed by atoms with Gasteiger partial charge in [0, 0.05) is 35.1 Å². The van der Waals surface area contributed by atoms with E-state index in [1.165, 1.54) is 0 Å². The summed E-state index contributed by atoms with van der Waals surface area (Å²) in [4.78, 5) is 8.55. The number of fused-ring (bicyclic) bond motifs is 1. The van der Waals surface area contributed by atoms with Gasteiger partial charge in [0.05, 0.1) is 16.6 Å². The molecule has 3 rings (SSSR count). The maximum atomic E-state index is 10.3. The van der Waals surface area contributed by atoms with Crippen LogP contribution in [0.2, 0.25) is 0 Å². The predicted octanol–water partition coefficient (Wildman–Crippen LogP) is 2.97. The molecule has 18 heavy (non-hydrogen) atoms. The van der Waals surface area contributed by atoms with Crippen molar-refractivity contribution in [3.63, 3.8) is 0 Å². The van der Waals surface area contributed by atoms with Crippen LogP contribution in [0.25, 0.3) is 10.9 Å². The minimum absolute atomic E-state index is 0.535. The number of hydrogen-bond acceptors (Lipinski definition) is 4. The van der Waals surface area contributed by atoms with Gasteiger partial charge in [0.1, 0.15) is 0 Å². The normalized spacial score (nSPS) is 12.7. The zero-order valence-corrected chi connectivity index (χ0v) is 10.5. The number of rotatable bonds is 3. The molecule has 1 atom stereocenters. The fraction of sp³-hybridized carbons (Fsp3) is 0.143. The Labute approximate surface area is 109 Å². The van der Waals surface area contributed by atoms with Crippen molar-refractivity contribution in [2.24, 2.45) is 0 Å². The van der Waals surface area contributed by atoms with Crippen LogP contribution in [0.4, 0.5) is 0 Å². The molecule has 90 valence electrons. The third-order valence-corrected chi connectivity index (χ3v) is 3.68. The van der Waals surface area contributed by atoms with Gasteiger partial charge >= 0.3 is 0 Å². The second kappa shape index (κ2) is 4.84. The highest BCUT2D eigenvalue weighted by molar-refractivity contribution is 7.09. The molecule has 0 amide bonds. The number of aliphatic hydroxyl groups excluding tert-OH is 1. The van der Waals surface area contributed by atoms with Crippen molar-refractivity contribution in [3.05, 3.63) is 58.7 Å². The Bertz CT molecular complexity index is 646. The number of para-hydroxylation sites is 1. The third-order valence-electron chi connectivity index (χ3n) is 2.87. The van der Waals surface area contributed by atoms with Crippen molar-refractivity contribution in [1.29, 1.82) is 0 Å². The molecule has 1 N–H and O–H groups in total. The van der Waals surface area contributed by atoms with Gasteiger partial charge in [-0.05, 0) is 6.07 Å². The molecule has 3 aromatic rings. The summed E-state index contributed by atoms with van der Waals surface area (Å²) in [6.45, 7) is 0. The molecule has 0 saturated heterocycles. The first kappa shape index (κ1) is 11.3. The largest absolute Gasteiger partial charge is 0.388 e. The molecule has 3 nitrogen and oxygen atoms in total. The number of thiazole rings is 1. The van der Waals surface area contributed by atoms with E-state index >= 15 is 0 Å². The lowest BCUT2D eigenvalue weighted by Crippen LogP contribution is -2.03. The zero-order chi connectivity index (χ0) is 12.4. The lowest BCUT2D eigenvalue weighted by atomic mass is 10.0. The van der Waals surface area contributed by atoms with Crippen LogP contribution in [0.1, 0.15) is 16.7 Å². The molecule has 4 heteroatoms. The van der Waals surface area contributed by atoms with Crippen molar-refractivity contribution < 1.29 is 5.11 Å². The SMILES string of the molecule is OC(Cc1nccs1)c1cccc2cccnc12. The first-order valence-electron chi connectivity index (χ1n) is 5.74. The molecular weight excluding hydrogens is 244 g/mol. The van der Waals surface area contributed by atoms with E-state index in [-0.39, 0.29) is 0 Å². The summed E-state index contributed by atoms with van der Waals surface area (Å²) in [5.41, 5.74) is 1.73. The number of aliphatic hydroxyl groups is 1. The van der Waals surface area contributed by atoms with E-state index in [0.717, 1.165) is 21.5 Å². The van der Waals surface area contributed by atoms with Crippen LogP contribution in [0.15, 0.2) is 48.1 Å². The van der Waals surface area contributed by atoms with Crippen LogP contribution in [0.5, 0.6) is 0 Å². The Morgan fingerprint density at radius 2 is 2.00 bits per heavy atom. The number of nitrogens with zero attached hydrogens (tertiary/aromatic N) is 2. The molecule has 0 bridgehead atoms. The number of benzene rings is 1. The zero-order valence-electron chi connectivity index (χ0n) is 9.65. The summed E-state index contributed by atoms with van der Waals surface area (Å²) in [5.74, 6) is 0. The summed E-state index contributed by atoms with van der Waals surface area (Å²) in [6, 6.07) is 9.78. The van der Waals surface area contributed by atoms with Crippen LogP contribution in [-0.4, -0.2) is 15.1 Å². The number of hydrogen-bond donors (Lipinski definition) is 1. The molecule has 0 spiro atoms. The second-order valence-corrected chi connectivity index (χ2v) is 5.05. The molecule has 2 aromatic heterocycles. The number of pyridine rings is 1. The molecule has 0 aliphatic carbocycles.